The summed E-state index contributed by atoms with van der Waals surface area (Å²) in [6, 6.07) is 18.4. The molecule has 3 aliphatic rings. The number of likely N-dealkylation sites (tertiary alicyclic amines) is 1. The van der Waals surface area contributed by atoms with Crippen molar-refractivity contribution in [3.63, 3.8) is 0 Å². The number of aliphatic hydroxyl groups is 1. The Bertz CT molecular complexity index is 1930. The number of rotatable bonds is 9. The molecule has 0 unspecified atom stereocenters. The lowest BCUT2D eigenvalue weighted by atomic mass is 9.88. The molecule has 5 heterocycles. The maximum atomic E-state index is 11.7. The van der Waals surface area contributed by atoms with Gasteiger partial charge in [-0.1, -0.05) is 65.7 Å². The summed E-state index contributed by atoms with van der Waals surface area (Å²) in [5, 5.41) is 25.0. The molecule has 0 bridgehead atoms. The van der Waals surface area contributed by atoms with Gasteiger partial charge in [-0.25, -0.2) is 15.0 Å². The molecular weight excluding hydrogens is 655 g/mol. The average molecular weight is 690 g/mol. The molecule has 3 N–H and O–H groups in total. The Labute approximate surface area is 287 Å². The number of hydrogen-bond donors (Lipinski definition) is 3. The predicted octanol–water partition coefficient (Wildman–Crippen LogP) is 5.08. The van der Waals surface area contributed by atoms with E-state index in [0.29, 0.717) is 57.0 Å². The van der Waals surface area contributed by atoms with Gasteiger partial charge in [0.1, 0.15) is 6.04 Å². The molecule has 2 saturated heterocycles. The van der Waals surface area contributed by atoms with Gasteiger partial charge in [0.2, 0.25) is 17.7 Å². The van der Waals surface area contributed by atoms with Crippen molar-refractivity contribution in [1.82, 2.24) is 25.2 Å². The highest BCUT2D eigenvalue weighted by molar-refractivity contribution is 6.39. The van der Waals surface area contributed by atoms with Crippen LogP contribution in [0.3, 0.4) is 0 Å². The van der Waals surface area contributed by atoms with E-state index in [2.05, 4.69) is 20.2 Å². The molecule has 3 aliphatic heterocycles. The van der Waals surface area contributed by atoms with E-state index >= 15 is 0 Å². The van der Waals surface area contributed by atoms with Gasteiger partial charge in [0.15, 0.2) is 5.84 Å². The summed E-state index contributed by atoms with van der Waals surface area (Å²) in [7, 11) is 3.10. The molecule has 13 heteroatoms. The summed E-state index contributed by atoms with van der Waals surface area (Å²) in [6.07, 6.45) is 1.47. The zero-order valence-electron chi connectivity index (χ0n) is 26.4. The van der Waals surface area contributed by atoms with Gasteiger partial charge in [0.05, 0.1) is 59.9 Å². The third-order valence-corrected chi connectivity index (χ3v) is 9.99. The normalized spacial score (nSPS) is 18.5. The molecule has 11 nitrogen and oxygen atoms in total. The first-order chi connectivity index (χ1) is 23.2. The monoisotopic (exact) mass is 688 g/mol. The number of carbonyl (C=O) groups excluding carboxylic acids is 1. The minimum atomic E-state index is -0.522. The van der Waals surface area contributed by atoms with Crippen LogP contribution in [0.25, 0.3) is 33.6 Å². The van der Waals surface area contributed by atoms with Gasteiger partial charge in [0, 0.05) is 53.9 Å². The molecule has 48 heavy (non-hydrogen) atoms. The Balaban J connectivity index is 1.16. The van der Waals surface area contributed by atoms with Crippen molar-refractivity contribution in [2.75, 3.05) is 40.5 Å². The summed E-state index contributed by atoms with van der Waals surface area (Å²) in [5.74, 6) is 1.19. The third-order valence-electron chi connectivity index (χ3n) is 9.17. The van der Waals surface area contributed by atoms with Gasteiger partial charge in [-0.2, -0.15) is 0 Å². The van der Waals surface area contributed by atoms with Crippen LogP contribution in [0.2, 0.25) is 10.0 Å². The molecular formula is C35H34Cl2N6O5. The lowest BCUT2D eigenvalue weighted by Gasteiger charge is -2.48. The number of benzene rings is 2. The number of hydroxylamine groups is 2. The molecule has 1 amide bonds. The van der Waals surface area contributed by atoms with Crippen molar-refractivity contribution in [1.29, 1.82) is 0 Å². The summed E-state index contributed by atoms with van der Waals surface area (Å²) in [4.78, 5) is 27.9. The van der Waals surface area contributed by atoms with Crippen molar-refractivity contribution in [3.8, 4) is 45.4 Å². The number of nitrogens with one attached hydrogen (secondary N) is 1. The highest BCUT2D eigenvalue weighted by Crippen LogP contribution is 2.43. The zero-order valence-corrected chi connectivity index (χ0v) is 27.9. The summed E-state index contributed by atoms with van der Waals surface area (Å²) < 4.78 is 11.3. The van der Waals surface area contributed by atoms with Gasteiger partial charge in [-0.3, -0.25) is 19.9 Å². The summed E-state index contributed by atoms with van der Waals surface area (Å²) in [5.41, 5.74) is 5.42. The summed E-state index contributed by atoms with van der Waals surface area (Å²) in [6.45, 7) is 2.31. The highest BCUT2D eigenvalue weighted by Gasteiger charge is 2.47. The second-order valence-electron chi connectivity index (χ2n) is 12.3. The van der Waals surface area contributed by atoms with E-state index in [1.165, 1.54) is 7.11 Å². The van der Waals surface area contributed by atoms with E-state index in [-0.39, 0.29) is 36.3 Å². The van der Waals surface area contributed by atoms with Gasteiger partial charge >= 0.3 is 0 Å². The molecule has 2 fully saturated rings. The lowest BCUT2D eigenvalue weighted by Crippen LogP contribution is -2.66. The Kier molecular flexibility index (Phi) is 8.73. The van der Waals surface area contributed by atoms with Crippen LogP contribution < -0.4 is 14.8 Å². The highest BCUT2D eigenvalue weighted by atomic mass is 35.5. The number of hydrogen-bond acceptors (Lipinski definition) is 10. The van der Waals surface area contributed by atoms with E-state index < -0.39 is 6.04 Å². The minimum Gasteiger partial charge on any atom is -0.481 e. The number of methoxy groups -OCH3 is 2. The van der Waals surface area contributed by atoms with Gasteiger partial charge in [-0.15, -0.1) is 0 Å². The number of pyridine rings is 2. The van der Waals surface area contributed by atoms with E-state index in [1.807, 2.05) is 48.5 Å². The zero-order chi connectivity index (χ0) is 33.6. The fourth-order valence-corrected chi connectivity index (χ4v) is 7.39. The van der Waals surface area contributed by atoms with Crippen LogP contribution in [0, 0.1) is 0 Å². The molecule has 248 valence electrons. The maximum absolute atomic E-state index is 11.7. The molecule has 2 aromatic carbocycles. The van der Waals surface area contributed by atoms with Crippen molar-refractivity contribution in [2.45, 2.75) is 31.0 Å². The maximum Gasteiger partial charge on any atom is 0.224 e. The topological polar surface area (TPSA) is 133 Å². The smallest absolute Gasteiger partial charge is 0.224 e. The SMILES string of the molecule is COc1nc(-c2cccc(-c3cccc(-c4ccc(C5=NC[C@@H](CO)N5O)c(OC)n4)c3Cl)c2Cl)ccc1CN1CC2(CCC(=O)N2)C1. The number of aliphatic imine (C=N–C) groups is 1. The van der Waals surface area contributed by atoms with Crippen molar-refractivity contribution >= 4 is 34.9 Å². The van der Waals surface area contributed by atoms with Crippen LogP contribution in [0.4, 0.5) is 0 Å². The first-order valence-electron chi connectivity index (χ1n) is 15.6. The fourth-order valence-electron chi connectivity index (χ4n) is 6.74. The number of nitrogens with zero attached hydrogens (tertiary/aromatic N) is 5. The molecule has 2 aromatic heterocycles. The van der Waals surface area contributed by atoms with Crippen LogP contribution >= 0.6 is 23.2 Å². The fraction of sp³-hybridized carbons (Fsp3) is 0.314. The molecule has 0 aliphatic carbocycles. The van der Waals surface area contributed by atoms with Crippen LogP contribution in [0.1, 0.15) is 24.0 Å². The van der Waals surface area contributed by atoms with Gasteiger partial charge < -0.3 is 19.9 Å². The number of aliphatic hydroxyl groups excluding tert-OH is 1. The number of amides is 1. The Morgan fingerprint density at radius 2 is 1.48 bits per heavy atom. The first-order valence-corrected chi connectivity index (χ1v) is 16.3. The van der Waals surface area contributed by atoms with Crippen LogP contribution in [-0.2, 0) is 11.3 Å². The largest absolute Gasteiger partial charge is 0.481 e. The predicted molar refractivity (Wildman–Crippen MR) is 183 cm³/mol. The minimum absolute atomic E-state index is 0.0900. The standard InChI is InChI=1S/C35H34Cl2N6O5/c1-47-33-20(16-42-18-35(19-42)14-13-29(45)41-35)9-11-27(39-33)24-7-3-5-22(30(24)36)23-6-4-8-25(31(23)37)28-12-10-26(34(40-28)48-2)32-38-15-21(17-44)43(32)46/h3-12,21,44,46H,13-19H2,1-2H3,(H,41,45)/t21-/m0/s1. The second kappa shape index (κ2) is 13.0. The van der Waals surface area contributed by atoms with Gasteiger partial charge in [-0.05, 0) is 24.6 Å². The van der Waals surface area contributed by atoms with E-state index in [0.717, 1.165) is 41.3 Å². The molecule has 0 saturated carbocycles. The van der Waals surface area contributed by atoms with Crippen LogP contribution in [0.15, 0.2) is 65.7 Å². The first kappa shape index (κ1) is 32.3. The number of ether oxygens (including phenoxy) is 2. The third kappa shape index (κ3) is 5.75. The molecule has 1 spiro atoms. The summed E-state index contributed by atoms with van der Waals surface area (Å²) >= 11 is 14.1. The Morgan fingerprint density at radius 3 is 2.04 bits per heavy atom. The molecule has 4 aromatic rings. The van der Waals surface area contributed by atoms with Crippen molar-refractivity contribution < 1.29 is 24.6 Å². The molecule has 1 atom stereocenters. The number of aromatic nitrogens is 2. The van der Waals surface area contributed by atoms with Crippen LogP contribution in [0.5, 0.6) is 11.8 Å². The number of carbonyl (C=O) groups is 1. The quantitative estimate of drug-likeness (QED) is 0.220. The number of amidine groups is 1. The van der Waals surface area contributed by atoms with E-state index in [9.17, 15) is 15.1 Å². The van der Waals surface area contributed by atoms with E-state index in [1.54, 1.807) is 19.2 Å². The van der Waals surface area contributed by atoms with Crippen molar-refractivity contribution in [3.05, 3.63) is 81.8 Å². The Hall–Kier alpha value is -4.26. The molecule has 7 rings (SSSR count). The van der Waals surface area contributed by atoms with Gasteiger partial charge in [0.25, 0.3) is 0 Å². The Morgan fingerprint density at radius 1 is 0.875 bits per heavy atom. The second-order valence-corrected chi connectivity index (χ2v) is 13.0. The van der Waals surface area contributed by atoms with Crippen molar-refractivity contribution in [2.24, 2.45) is 4.99 Å². The average Bonchev–Trinajstić information content (AvgIpc) is 3.66. The van der Waals surface area contributed by atoms with E-state index in [4.69, 9.17) is 37.7 Å². The lowest BCUT2D eigenvalue weighted by molar-refractivity contribution is -0.120. The number of halogens is 2. The molecule has 0 radical (unpaired) electrons. The van der Waals surface area contributed by atoms with Crippen LogP contribution in [-0.4, -0.2) is 94.0 Å².